The van der Waals surface area contributed by atoms with Gasteiger partial charge in [0.25, 0.3) is 5.91 Å². The van der Waals surface area contributed by atoms with Crippen LogP contribution in [-0.4, -0.2) is 29.6 Å². The van der Waals surface area contributed by atoms with Crippen molar-refractivity contribution in [2.75, 3.05) is 6.61 Å². The summed E-state index contributed by atoms with van der Waals surface area (Å²) in [6.07, 6.45) is 2.08. The Morgan fingerprint density at radius 2 is 2.05 bits per heavy atom. The first-order valence-electron chi connectivity index (χ1n) is 6.75. The number of nitriles is 1. The van der Waals surface area contributed by atoms with Gasteiger partial charge in [-0.25, -0.2) is 0 Å². The van der Waals surface area contributed by atoms with Gasteiger partial charge in [0.2, 0.25) is 0 Å². The normalized spacial score (nSPS) is 20.5. The van der Waals surface area contributed by atoms with Crippen molar-refractivity contribution in [2.45, 2.75) is 25.3 Å². The summed E-state index contributed by atoms with van der Waals surface area (Å²) in [6, 6.07) is 8.10. The summed E-state index contributed by atoms with van der Waals surface area (Å²) < 4.78 is 5.30. The van der Waals surface area contributed by atoms with Crippen LogP contribution in [0, 0.1) is 17.2 Å². The van der Waals surface area contributed by atoms with E-state index >= 15 is 0 Å². The molecule has 0 radical (unpaired) electrons. The number of hydrogen-bond donors (Lipinski definition) is 2. The SMILES string of the molecule is N#Cc1ccc(OCC(=O)NC2CCCC2C(=O)O)cc1. The Hall–Kier alpha value is -2.55. The lowest BCUT2D eigenvalue weighted by atomic mass is 10.0. The molecule has 0 bridgehead atoms. The molecule has 0 saturated heterocycles. The smallest absolute Gasteiger partial charge is 0.308 e. The monoisotopic (exact) mass is 288 g/mol. The molecule has 1 aromatic carbocycles. The van der Waals surface area contributed by atoms with Crippen molar-refractivity contribution in [3.63, 3.8) is 0 Å². The summed E-state index contributed by atoms with van der Waals surface area (Å²) >= 11 is 0. The fourth-order valence-electron chi connectivity index (χ4n) is 2.45. The number of nitrogens with zero attached hydrogens (tertiary/aromatic N) is 1. The van der Waals surface area contributed by atoms with Crippen LogP contribution in [0.2, 0.25) is 0 Å². The summed E-state index contributed by atoms with van der Waals surface area (Å²) in [7, 11) is 0. The minimum absolute atomic E-state index is 0.172. The van der Waals surface area contributed by atoms with Gasteiger partial charge in [0, 0.05) is 6.04 Å². The second kappa shape index (κ2) is 6.75. The highest BCUT2D eigenvalue weighted by Crippen LogP contribution is 2.25. The largest absolute Gasteiger partial charge is 0.484 e. The van der Waals surface area contributed by atoms with Gasteiger partial charge in [-0.05, 0) is 37.1 Å². The van der Waals surface area contributed by atoms with E-state index in [0.29, 0.717) is 24.2 Å². The number of ether oxygens (including phenoxy) is 1. The van der Waals surface area contributed by atoms with Gasteiger partial charge in [-0.2, -0.15) is 5.26 Å². The first-order valence-corrected chi connectivity index (χ1v) is 6.75. The Kier molecular flexibility index (Phi) is 4.77. The molecule has 0 aliphatic heterocycles. The molecule has 2 rings (SSSR count). The van der Waals surface area contributed by atoms with Crippen molar-refractivity contribution < 1.29 is 19.4 Å². The molecule has 21 heavy (non-hydrogen) atoms. The van der Waals surface area contributed by atoms with Gasteiger partial charge in [0.15, 0.2) is 6.61 Å². The quantitative estimate of drug-likeness (QED) is 0.851. The van der Waals surface area contributed by atoms with E-state index in [4.69, 9.17) is 15.1 Å². The van der Waals surface area contributed by atoms with Crippen molar-refractivity contribution in [3.8, 4) is 11.8 Å². The van der Waals surface area contributed by atoms with E-state index in [1.807, 2.05) is 6.07 Å². The van der Waals surface area contributed by atoms with E-state index in [1.165, 1.54) is 0 Å². The molecular weight excluding hydrogens is 272 g/mol. The summed E-state index contributed by atoms with van der Waals surface area (Å²) in [5.74, 6) is -1.22. The number of hydrogen-bond acceptors (Lipinski definition) is 4. The van der Waals surface area contributed by atoms with Crippen LogP contribution in [0.25, 0.3) is 0 Å². The number of aliphatic carboxylic acids is 1. The lowest BCUT2D eigenvalue weighted by Gasteiger charge is -2.17. The zero-order chi connectivity index (χ0) is 15.2. The average Bonchev–Trinajstić information content (AvgIpc) is 2.94. The molecule has 2 N–H and O–H groups in total. The maximum Gasteiger partial charge on any atom is 0.308 e. The van der Waals surface area contributed by atoms with Gasteiger partial charge < -0.3 is 15.2 Å². The zero-order valence-corrected chi connectivity index (χ0v) is 11.4. The standard InChI is InChI=1S/C15H16N2O4/c16-8-10-4-6-11(7-5-10)21-9-14(18)17-13-3-1-2-12(13)15(19)20/h4-7,12-13H,1-3,9H2,(H,17,18)(H,19,20). The van der Waals surface area contributed by atoms with E-state index in [2.05, 4.69) is 5.32 Å². The highest BCUT2D eigenvalue weighted by atomic mass is 16.5. The van der Waals surface area contributed by atoms with Crippen LogP contribution in [0.15, 0.2) is 24.3 Å². The Morgan fingerprint density at radius 1 is 1.33 bits per heavy atom. The molecule has 1 saturated carbocycles. The summed E-state index contributed by atoms with van der Waals surface area (Å²) in [5.41, 5.74) is 0.516. The number of carbonyl (C=O) groups excluding carboxylic acids is 1. The first-order chi connectivity index (χ1) is 10.1. The van der Waals surface area contributed by atoms with Crippen LogP contribution in [0.3, 0.4) is 0 Å². The van der Waals surface area contributed by atoms with Gasteiger partial charge in [0.05, 0.1) is 17.6 Å². The van der Waals surface area contributed by atoms with Crippen molar-refractivity contribution in [1.29, 1.82) is 5.26 Å². The lowest BCUT2D eigenvalue weighted by molar-refractivity contribution is -0.142. The minimum Gasteiger partial charge on any atom is -0.484 e. The van der Waals surface area contributed by atoms with Gasteiger partial charge in [-0.1, -0.05) is 6.42 Å². The molecule has 1 aromatic rings. The zero-order valence-electron chi connectivity index (χ0n) is 11.4. The topological polar surface area (TPSA) is 99.4 Å². The van der Waals surface area contributed by atoms with Crippen LogP contribution in [0.4, 0.5) is 0 Å². The van der Waals surface area contributed by atoms with E-state index in [0.717, 1.165) is 6.42 Å². The predicted octanol–water partition coefficient (Wildman–Crippen LogP) is 1.31. The van der Waals surface area contributed by atoms with E-state index in [1.54, 1.807) is 24.3 Å². The molecule has 1 fully saturated rings. The number of benzene rings is 1. The van der Waals surface area contributed by atoms with Crippen LogP contribution in [0.1, 0.15) is 24.8 Å². The van der Waals surface area contributed by atoms with E-state index < -0.39 is 11.9 Å². The van der Waals surface area contributed by atoms with Crippen LogP contribution >= 0.6 is 0 Å². The summed E-state index contributed by atoms with van der Waals surface area (Å²) in [4.78, 5) is 22.8. The highest BCUT2D eigenvalue weighted by molar-refractivity contribution is 5.79. The highest BCUT2D eigenvalue weighted by Gasteiger charge is 2.33. The third-order valence-electron chi connectivity index (χ3n) is 3.53. The molecule has 2 atom stereocenters. The molecule has 6 nitrogen and oxygen atoms in total. The molecule has 0 aromatic heterocycles. The molecule has 0 heterocycles. The van der Waals surface area contributed by atoms with Crippen LogP contribution in [0.5, 0.6) is 5.75 Å². The van der Waals surface area contributed by atoms with Crippen LogP contribution < -0.4 is 10.1 Å². The number of carboxylic acid groups (broad SMARTS) is 1. The summed E-state index contributed by atoms with van der Waals surface area (Å²) in [5, 5.41) is 20.4. The number of rotatable bonds is 5. The molecule has 110 valence electrons. The number of amides is 1. The Bertz CT molecular complexity index is 562. The molecule has 1 aliphatic carbocycles. The third kappa shape index (κ3) is 3.96. The number of carboxylic acids is 1. The first kappa shape index (κ1) is 14.9. The molecule has 1 aliphatic rings. The molecular formula is C15H16N2O4. The predicted molar refractivity (Wildman–Crippen MR) is 73.6 cm³/mol. The van der Waals surface area contributed by atoms with Gasteiger partial charge in [-0.15, -0.1) is 0 Å². The second-order valence-corrected chi connectivity index (χ2v) is 4.97. The van der Waals surface area contributed by atoms with Crippen LogP contribution in [-0.2, 0) is 9.59 Å². The fourth-order valence-corrected chi connectivity index (χ4v) is 2.45. The van der Waals surface area contributed by atoms with Crippen molar-refractivity contribution in [3.05, 3.63) is 29.8 Å². The van der Waals surface area contributed by atoms with Gasteiger partial charge in [0.1, 0.15) is 5.75 Å². The van der Waals surface area contributed by atoms with E-state index in [-0.39, 0.29) is 18.6 Å². The third-order valence-corrected chi connectivity index (χ3v) is 3.53. The summed E-state index contributed by atoms with van der Waals surface area (Å²) in [6.45, 7) is -0.172. The molecule has 0 spiro atoms. The Balaban J connectivity index is 1.82. The van der Waals surface area contributed by atoms with Gasteiger partial charge in [-0.3, -0.25) is 9.59 Å². The molecule has 2 unspecified atom stereocenters. The van der Waals surface area contributed by atoms with Crippen molar-refractivity contribution >= 4 is 11.9 Å². The Morgan fingerprint density at radius 3 is 2.67 bits per heavy atom. The lowest BCUT2D eigenvalue weighted by Crippen LogP contribution is -2.42. The number of carbonyl (C=O) groups is 2. The maximum absolute atomic E-state index is 11.8. The molecule has 1 amide bonds. The van der Waals surface area contributed by atoms with E-state index in [9.17, 15) is 9.59 Å². The average molecular weight is 288 g/mol. The molecule has 6 heteroatoms. The number of nitrogens with one attached hydrogen (secondary N) is 1. The van der Waals surface area contributed by atoms with Crippen molar-refractivity contribution in [1.82, 2.24) is 5.32 Å². The van der Waals surface area contributed by atoms with Crippen molar-refractivity contribution in [2.24, 2.45) is 5.92 Å². The minimum atomic E-state index is -0.870. The second-order valence-electron chi connectivity index (χ2n) is 4.97. The fraction of sp³-hybridized carbons (Fsp3) is 0.400. The maximum atomic E-state index is 11.8. The van der Waals surface area contributed by atoms with Gasteiger partial charge >= 0.3 is 5.97 Å². The Labute approximate surface area is 122 Å².